The number of nitrogen functional groups attached to an aromatic ring is 1. The number of aromatic carboxylic acids is 1. The number of aromatic amines is 1. The lowest BCUT2D eigenvalue weighted by atomic mass is 9.93. The molecular weight excluding hydrogens is 545 g/mol. The summed E-state index contributed by atoms with van der Waals surface area (Å²) in [5.74, 6) is -0.516. The van der Waals surface area contributed by atoms with Gasteiger partial charge in [0.05, 0.1) is 27.8 Å². The van der Waals surface area contributed by atoms with Crippen LogP contribution in [0.15, 0.2) is 77.2 Å². The summed E-state index contributed by atoms with van der Waals surface area (Å²) in [5, 5.41) is 10.1. The quantitative estimate of drug-likeness (QED) is 0.193. The minimum atomic E-state index is -1.22. The molecule has 0 bridgehead atoms. The van der Waals surface area contributed by atoms with Crippen LogP contribution in [0.5, 0.6) is 0 Å². The van der Waals surface area contributed by atoms with Gasteiger partial charge in [-0.3, -0.25) is 4.90 Å². The summed E-state index contributed by atoms with van der Waals surface area (Å²) in [5.41, 5.74) is 13.5. The average molecular weight is 576 g/mol. The maximum atomic E-state index is 13.6. The number of imidazole rings is 1. The highest BCUT2D eigenvalue weighted by molar-refractivity contribution is 6.06. The molecule has 4 N–H and O–H groups in total. The molecule has 1 fully saturated rings. The van der Waals surface area contributed by atoms with Crippen molar-refractivity contribution in [1.82, 2.24) is 19.9 Å². The number of aryl methyl sites for hydroxylation is 1. The number of fused-ring (bicyclic) bond motifs is 2. The highest BCUT2D eigenvalue weighted by atomic mass is 19.1. The van der Waals surface area contributed by atoms with E-state index in [-0.39, 0.29) is 23.0 Å². The molecule has 7 rings (SSSR count). The monoisotopic (exact) mass is 575 g/mol. The molecule has 0 aliphatic carbocycles. The zero-order valence-corrected chi connectivity index (χ0v) is 23.6. The van der Waals surface area contributed by atoms with E-state index in [1.54, 1.807) is 6.07 Å². The molecule has 3 aromatic carbocycles. The number of carbonyl (C=O) groups is 1. The van der Waals surface area contributed by atoms with Gasteiger partial charge >= 0.3 is 5.97 Å². The summed E-state index contributed by atoms with van der Waals surface area (Å²) in [6.45, 7) is 4.64. The third kappa shape index (κ3) is 4.91. The van der Waals surface area contributed by atoms with Gasteiger partial charge < -0.3 is 20.2 Å². The fraction of sp³-hybridized carbons (Fsp3) is 0.206. The standard InChI is InChI=1S/C34H30FN5O3/c1-19-27(21-5-3-2-4-6-21)30(39-33-28(19)29(36)31(43-33)34(41)42)22-9-7-20(8-10-22)18-40-15-13-23(14-16-40)32-37-25-12-11-24(35)17-26(25)38-32/h2-12,17,23H,13-16,18,36H2,1H3,(H,37,38)(H,41,42). The van der Waals surface area contributed by atoms with Gasteiger partial charge in [0, 0.05) is 23.6 Å². The first-order valence-electron chi connectivity index (χ1n) is 14.3. The number of likely N-dealkylation sites (tertiary alicyclic amines) is 1. The number of carboxylic acid groups (broad SMARTS) is 1. The number of hydrogen-bond acceptors (Lipinski definition) is 6. The molecule has 9 heteroatoms. The molecule has 0 spiro atoms. The van der Waals surface area contributed by atoms with E-state index in [1.165, 1.54) is 17.7 Å². The second-order valence-electron chi connectivity index (χ2n) is 11.2. The number of carboxylic acids is 1. The van der Waals surface area contributed by atoms with Crippen molar-refractivity contribution in [2.45, 2.75) is 32.2 Å². The third-order valence-electron chi connectivity index (χ3n) is 8.45. The van der Waals surface area contributed by atoms with Gasteiger partial charge in [-0.1, -0.05) is 54.6 Å². The summed E-state index contributed by atoms with van der Waals surface area (Å²) in [4.78, 5) is 27.0. The lowest BCUT2D eigenvalue weighted by molar-refractivity contribution is 0.0666. The van der Waals surface area contributed by atoms with Crippen molar-refractivity contribution in [3.05, 3.63) is 101 Å². The molecule has 216 valence electrons. The van der Waals surface area contributed by atoms with Crippen LogP contribution in [0.3, 0.4) is 0 Å². The average Bonchev–Trinajstić information content (AvgIpc) is 3.59. The number of H-pyrrole nitrogens is 1. The molecule has 1 saturated heterocycles. The second kappa shape index (κ2) is 10.7. The van der Waals surface area contributed by atoms with Gasteiger partial charge in [-0.05, 0) is 67.7 Å². The van der Waals surface area contributed by atoms with Crippen LogP contribution < -0.4 is 5.73 Å². The fourth-order valence-corrected chi connectivity index (χ4v) is 6.24. The molecule has 3 aromatic heterocycles. The number of furan rings is 1. The van der Waals surface area contributed by atoms with Crippen LogP contribution in [0.4, 0.5) is 10.1 Å². The number of nitrogens with zero attached hydrogens (tertiary/aromatic N) is 3. The van der Waals surface area contributed by atoms with Crippen molar-refractivity contribution in [2.24, 2.45) is 0 Å². The van der Waals surface area contributed by atoms with Crippen molar-refractivity contribution in [3.8, 4) is 22.4 Å². The number of hydrogen-bond donors (Lipinski definition) is 3. The van der Waals surface area contributed by atoms with E-state index in [4.69, 9.17) is 20.1 Å². The normalized spacial score (nSPS) is 14.6. The predicted molar refractivity (Wildman–Crippen MR) is 164 cm³/mol. The molecule has 0 radical (unpaired) electrons. The van der Waals surface area contributed by atoms with E-state index < -0.39 is 5.97 Å². The molecule has 0 amide bonds. The number of piperidine rings is 1. The molecule has 0 atom stereocenters. The van der Waals surface area contributed by atoms with Crippen LogP contribution in [0.25, 0.3) is 44.5 Å². The second-order valence-corrected chi connectivity index (χ2v) is 11.2. The summed E-state index contributed by atoms with van der Waals surface area (Å²) < 4.78 is 19.2. The maximum Gasteiger partial charge on any atom is 0.374 e. The Bertz CT molecular complexity index is 1970. The Morgan fingerprint density at radius 3 is 2.51 bits per heavy atom. The number of rotatable bonds is 6. The van der Waals surface area contributed by atoms with E-state index in [2.05, 4.69) is 34.1 Å². The van der Waals surface area contributed by atoms with Crippen LogP contribution in [-0.4, -0.2) is 44.0 Å². The third-order valence-corrected chi connectivity index (χ3v) is 8.45. The van der Waals surface area contributed by atoms with Crippen LogP contribution >= 0.6 is 0 Å². The van der Waals surface area contributed by atoms with Crippen molar-refractivity contribution < 1.29 is 18.7 Å². The van der Waals surface area contributed by atoms with Gasteiger partial charge in [-0.25, -0.2) is 19.2 Å². The SMILES string of the molecule is Cc1c(-c2ccccc2)c(-c2ccc(CN3CCC(c4nc5ccc(F)cc5[nH]4)CC3)cc2)nc2oc(C(=O)O)c(N)c12. The Hall–Kier alpha value is -5.02. The summed E-state index contributed by atoms with van der Waals surface area (Å²) in [7, 11) is 0. The Labute approximate surface area is 247 Å². The minimum absolute atomic E-state index is 0.0876. The van der Waals surface area contributed by atoms with Crippen LogP contribution in [0.2, 0.25) is 0 Å². The van der Waals surface area contributed by atoms with Gasteiger partial charge in [-0.2, -0.15) is 0 Å². The van der Waals surface area contributed by atoms with Crippen LogP contribution in [0.1, 0.15) is 46.3 Å². The van der Waals surface area contributed by atoms with Gasteiger partial charge in [-0.15, -0.1) is 0 Å². The van der Waals surface area contributed by atoms with Crippen molar-refractivity contribution in [3.63, 3.8) is 0 Å². The lowest BCUT2D eigenvalue weighted by Gasteiger charge is -2.31. The number of anilines is 1. The molecule has 8 nitrogen and oxygen atoms in total. The maximum absolute atomic E-state index is 13.6. The predicted octanol–water partition coefficient (Wildman–Crippen LogP) is 7.15. The topological polar surface area (TPSA) is 121 Å². The molecule has 0 saturated carbocycles. The smallest absolute Gasteiger partial charge is 0.374 e. The first-order chi connectivity index (χ1) is 20.9. The van der Waals surface area contributed by atoms with Crippen LogP contribution in [0, 0.1) is 12.7 Å². The van der Waals surface area contributed by atoms with E-state index in [9.17, 15) is 14.3 Å². The van der Waals surface area contributed by atoms with Gasteiger partial charge in [0.15, 0.2) is 0 Å². The van der Waals surface area contributed by atoms with Gasteiger partial charge in [0.1, 0.15) is 11.6 Å². The molecular formula is C34H30FN5O3. The molecule has 1 aliphatic rings. The van der Waals surface area contributed by atoms with Crippen molar-refractivity contribution in [2.75, 3.05) is 18.8 Å². The van der Waals surface area contributed by atoms with Crippen molar-refractivity contribution in [1.29, 1.82) is 0 Å². The van der Waals surface area contributed by atoms with E-state index >= 15 is 0 Å². The number of pyridine rings is 1. The highest BCUT2D eigenvalue weighted by Gasteiger charge is 2.26. The number of aromatic nitrogens is 3. The van der Waals surface area contributed by atoms with E-state index in [0.29, 0.717) is 17.0 Å². The minimum Gasteiger partial charge on any atom is -0.475 e. The molecule has 0 unspecified atom stereocenters. The van der Waals surface area contributed by atoms with Crippen molar-refractivity contribution >= 4 is 33.8 Å². The van der Waals surface area contributed by atoms with Gasteiger partial charge in [0.25, 0.3) is 0 Å². The zero-order chi connectivity index (χ0) is 29.7. The fourth-order valence-electron chi connectivity index (χ4n) is 6.24. The Balaban J connectivity index is 1.13. The number of nitrogens with one attached hydrogen (secondary N) is 1. The Morgan fingerprint density at radius 2 is 1.79 bits per heavy atom. The molecule has 43 heavy (non-hydrogen) atoms. The first-order valence-corrected chi connectivity index (χ1v) is 14.3. The lowest BCUT2D eigenvalue weighted by Crippen LogP contribution is -2.32. The molecule has 6 aromatic rings. The Kier molecular flexibility index (Phi) is 6.66. The largest absolute Gasteiger partial charge is 0.475 e. The number of nitrogens with two attached hydrogens (primary N) is 1. The zero-order valence-electron chi connectivity index (χ0n) is 23.6. The molecule has 4 heterocycles. The summed E-state index contributed by atoms with van der Waals surface area (Å²) in [6, 6.07) is 22.9. The number of benzene rings is 3. The van der Waals surface area contributed by atoms with E-state index in [0.717, 1.165) is 71.6 Å². The first kappa shape index (κ1) is 26.9. The van der Waals surface area contributed by atoms with E-state index in [1.807, 2.05) is 37.3 Å². The molecule has 1 aliphatic heterocycles. The highest BCUT2D eigenvalue weighted by Crippen LogP contribution is 2.41. The van der Waals surface area contributed by atoms with Gasteiger partial charge in [0.2, 0.25) is 11.5 Å². The van der Waals surface area contributed by atoms with Crippen LogP contribution in [-0.2, 0) is 6.54 Å². The summed E-state index contributed by atoms with van der Waals surface area (Å²) >= 11 is 0. The number of halogens is 1. The summed E-state index contributed by atoms with van der Waals surface area (Å²) in [6.07, 6.45) is 1.96. The Morgan fingerprint density at radius 1 is 1.05 bits per heavy atom.